The van der Waals surface area contributed by atoms with Crippen LogP contribution in [0.2, 0.25) is 0 Å². The summed E-state index contributed by atoms with van der Waals surface area (Å²) in [5, 5.41) is 11.7. The monoisotopic (exact) mass is 530 g/mol. The Labute approximate surface area is 210 Å². The van der Waals surface area contributed by atoms with E-state index in [1.807, 2.05) is 0 Å². The summed E-state index contributed by atoms with van der Waals surface area (Å²) < 4.78 is 48.2. The summed E-state index contributed by atoms with van der Waals surface area (Å²) in [5.41, 5.74) is 0.155. The molecule has 0 atom stereocenters. The van der Waals surface area contributed by atoms with Gasteiger partial charge in [0.05, 0.1) is 48.1 Å². The molecule has 0 N–H and O–H groups in total. The average Bonchev–Trinajstić information content (AvgIpc) is 3.51. The summed E-state index contributed by atoms with van der Waals surface area (Å²) in [4.78, 5) is 29.8. The molecule has 37 heavy (non-hydrogen) atoms. The van der Waals surface area contributed by atoms with Crippen LogP contribution in [0.4, 0.5) is 24.8 Å². The summed E-state index contributed by atoms with van der Waals surface area (Å²) in [6.07, 6.45) is 2.18. The van der Waals surface area contributed by atoms with Crippen LogP contribution in [-0.4, -0.2) is 66.4 Å². The van der Waals surface area contributed by atoms with E-state index in [0.29, 0.717) is 41.8 Å². The highest BCUT2D eigenvalue weighted by atomic mass is 32.1. The minimum absolute atomic E-state index is 0.152. The lowest BCUT2D eigenvalue weighted by Gasteiger charge is -2.57. The number of amides is 1. The van der Waals surface area contributed by atoms with Gasteiger partial charge in [-0.25, -0.2) is 4.98 Å². The molecule has 2 aliphatic heterocycles. The van der Waals surface area contributed by atoms with Crippen molar-refractivity contribution in [1.82, 2.24) is 35.2 Å². The lowest BCUT2D eigenvalue weighted by molar-refractivity contribution is -0.172. The van der Waals surface area contributed by atoms with Crippen LogP contribution in [0, 0.1) is 0 Å². The predicted molar refractivity (Wildman–Crippen MR) is 122 cm³/mol. The minimum Gasteiger partial charge on any atom is -0.376 e. The van der Waals surface area contributed by atoms with Gasteiger partial charge in [0, 0.05) is 23.8 Å². The van der Waals surface area contributed by atoms with E-state index in [1.165, 1.54) is 36.1 Å². The SMILES string of the molecule is O=C(c1cnnc(N(Cc2ccc(-c3noc(C(F)(F)F)n3)s2)c2cnccn2)c1)N1CCC12COC2. The summed E-state index contributed by atoms with van der Waals surface area (Å²) in [7, 11) is 0. The van der Waals surface area contributed by atoms with Gasteiger partial charge in [-0.2, -0.15) is 23.3 Å². The molecule has 0 unspecified atom stereocenters. The zero-order valence-electron chi connectivity index (χ0n) is 18.9. The van der Waals surface area contributed by atoms with E-state index >= 15 is 0 Å². The summed E-state index contributed by atoms with van der Waals surface area (Å²) in [5.74, 6) is -0.915. The number of carbonyl (C=O) groups is 1. The molecule has 6 rings (SSSR count). The Morgan fingerprint density at radius 3 is 2.70 bits per heavy atom. The third-order valence-corrected chi connectivity index (χ3v) is 7.28. The number of halogens is 3. The van der Waals surface area contributed by atoms with Crippen molar-refractivity contribution in [3.05, 3.63) is 59.3 Å². The van der Waals surface area contributed by atoms with Gasteiger partial charge in [0.25, 0.3) is 5.91 Å². The van der Waals surface area contributed by atoms with Gasteiger partial charge in [-0.1, -0.05) is 5.16 Å². The normalized spacial score (nSPS) is 16.4. The number of alkyl halides is 3. The van der Waals surface area contributed by atoms with Crippen LogP contribution < -0.4 is 4.90 Å². The van der Waals surface area contributed by atoms with Gasteiger partial charge in [0.1, 0.15) is 0 Å². The minimum atomic E-state index is -4.73. The second-order valence-electron chi connectivity index (χ2n) is 8.56. The maximum Gasteiger partial charge on any atom is 0.471 e. The molecule has 0 bridgehead atoms. The molecule has 1 amide bonds. The highest BCUT2D eigenvalue weighted by Crippen LogP contribution is 2.39. The molecule has 2 saturated heterocycles. The first-order chi connectivity index (χ1) is 17.8. The van der Waals surface area contributed by atoms with Crippen LogP contribution in [0.25, 0.3) is 10.7 Å². The number of rotatable bonds is 6. The number of likely N-dealkylation sites (tertiary alicyclic amines) is 1. The molecule has 2 aliphatic rings. The van der Waals surface area contributed by atoms with Gasteiger partial charge in [-0.05, 0) is 24.6 Å². The van der Waals surface area contributed by atoms with Gasteiger partial charge < -0.3 is 19.1 Å². The van der Waals surface area contributed by atoms with Crippen LogP contribution >= 0.6 is 11.3 Å². The van der Waals surface area contributed by atoms with Gasteiger partial charge in [0.15, 0.2) is 11.6 Å². The summed E-state index contributed by atoms with van der Waals surface area (Å²) >= 11 is 1.19. The zero-order valence-corrected chi connectivity index (χ0v) is 19.7. The Morgan fingerprint density at radius 2 is 2.05 bits per heavy atom. The molecule has 4 aromatic rings. The third-order valence-electron chi connectivity index (χ3n) is 6.22. The van der Waals surface area contributed by atoms with Crippen LogP contribution in [0.1, 0.15) is 27.5 Å². The van der Waals surface area contributed by atoms with Gasteiger partial charge in [0.2, 0.25) is 5.82 Å². The Morgan fingerprint density at radius 1 is 1.19 bits per heavy atom. The number of nitrogens with zero attached hydrogens (tertiary/aromatic N) is 8. The maximum atomic E-state index is 13.2. The molecule has 6 heterocycles. The Kier molecular flexibility index (Phi) is 5.60. The maximum absolute atomic E-state index is 13.2. The lowest BCUT2D eigenvalue weighted by Crippen LogP contribution is -2.72. The average molecular weight is 530 g/mol. The van der Waals surface area contributed by atoms with E-state index < -0.39 is 12.1 Å². The Balaban J connectivity index is 1.28. The first-order valence-corrected chi connectivity index (χ1v) is 11.9. The van der Waals surface area contributed by atoms with Crippen molar-refractivity contribution in [1.29, 1.82) is 0 Å². The molecule has 0 aliphatic carbocycles. The van der Waals surface area contributed by atoms with E-state index in [-0.39, 0.29) is 23.8 Å². The molecule has 4 aromatic heterocycles. The topological polar surface area (TPSA) is 123 Å². The smallest absolute Gasteiger partial charge is 0.376 e. The number of ether oxygens (including phenoxy) is 1. The van der Waals surface area contributed by atoms with E-state index in [2.05, 4.69) is 34.8 Å². The number of hydrogen-bond acceptors (Lipinski definition) is 11. The second kappa shape index (κ2) is 8.85. The first-order valence-electron chi connectivity index (χ1n) is 11.1. The third kappa shape index (κ3) is 4.29. The van der Waals surface area contributed by atoms with Crippen molar-refractivity contribution < 1.29 is 27.2 Å². The van der Waals surface area contributed by atoms with Crippen LogP contribution in [-0.2, 0) is 17.5 Å². The number of thiophene rings is 1. The molecule has 0 radical (unpaired) electrons. The fourth-order valence-corrected chi connectivity index (χ4v) is 5.06. The molecule has 0 saturated carbocycles. The number of anilines is 2. The van der Waals surface area contributed by atoms with Crippen molar-refractivity contribution >= 4 is 28.9 Å². The van der Waals surface area contributed by atoms with E-state index in [9.17, 15) is 18.0 Å². The molecule has 190 valence electrons. The van der Waals surface area contributed by atoms with Gasteiger partial charge >= 0.3 is 12.1 Å². The first kappa shape index (κ1) is 23.4. The number of carbonyl (C=O) groups excluding carboxylic acids is 1. The standard InChI is InChI=1S/C22H17F3N8O3S/c23-22(24,25)20-29-18(31-36-20)15-2-1-14(37-15)10-32(17-9-26-4-5-27-17)16-7-13(8-28-30-16)19(34)33-6-3-21(33)11-35-12-21/h1-2,4-5,7-9H,3,6,10-12H2. The van der Waals surface area contributed by atoms with Gasteiger partial charge in [-0.3, -0.25) is 9.78 Å². The Bertz CT molecular complexity index is 1430. The van der Waals surface area contributed by atoms with Crippen molar-refractivity contribution in [3.8, 4) is 10.7 Å². The molecule has 0 aromatic carbocycles. The Hall–Kier alpha value is -3.98. The van der Waals surface area contributed by atoms with Crippen molar-refractivity contribution in [2.75, 3.05) is 24.7 Å². The largest absolute Gasteiger partial charge is 0.471 e. The highest BCUT2D eigenvalue weighted by Gasteiger charge is 2.53. The van der Waals surface area contributed by atoms with Gasteiger partial charge in [-0.15, -0.1) is 16.4 Å². The van der Waals surface area contributed by atoms with Crippen molar-refractivity contribution in [3.63, 3.8) is 0 Å². The predicted octanol–water partition coefficient (Wildman–Crippen LogP) is 3.35. The highest BCUT2D eigenvalue weighted by molar-refractivity contribution is 7.15. The van der Waals surface area contributed by atoms with E-state index in [4.69, 9.17) is 4.74 Å². The molecule has 1 spiro atoms. The molecular formula is C22H17F3N8O3S. The zero-order chi connectivity index (χ0) is 25.6. The summed E-state index contributed by atoms with van der Waals surface area (Å²) in [6, 6.07) is 4.98. The fourth-order valence-electron chi connectivity index (χ4n) is 4.14. The fraction of sp³-hybridized carbons (Fsp3) is 0.318. The van der Waals surface area contributed by atoms with Crippen LogP contribution in [0.3, 0.4) is 0 Å². The molecule has 15 heteroatoms. The van der Waals surface area contributed by atoms with Crippen molar-refractivity contribution in [2.24, 2.45) is 0 Å². The van der Waals surface area contributed by atoms with Crippen LogP contribution in [0.5, 0.6) is 0 Å². The van der Waals surface area contributed by atoms with E-state index in [1.54, 1.807) is 28.0 Å². The van der Waals surface area contributed by atoms with Crippen molar-refractivity contribution in [2.45, 2.75) is 24.7 Å². The quantitative estimate of drug-likeness (QED) is 0.367. The molecule has 2 fully saturated rings. The summed E-state index contributed by atoms with van der Waals surface area (Å²) in [6.45, 7) is 1.93. The molecular weight excluding hydrogens is 513 g/mol. The second-order valence-corrected chi connectivity index (χ2v) is 9.73. The lowest BCUT2D eigenvalue weighted by atomic mass is 9.82. The van der Waals surface area contributed by atoms with E-state index in [0.717, 1.165) is 11.3 Å². The molecule has 11 nitrogen and oxygen atoms in total. The number of aromatic nitrogens is 6. The number of hydrogen-bond donors (Lipinski definition) is 0. The van der Waals surface area contributed by atoms with Crippen LogP contribution in [0.15, 0.2) is 47.5 Å².